The number of aryl methyl sites for hydroxylation is 1. The Morgan fingerprint density at radius 1 is 0.889 bits per heavy atom. The smallest absolute Gasteiger partial charge is 0.324 e. The molecule has 2 aromatic carbocycles. The van der Waals surface area contributed by atoms with Gasteiger partial charge in [-0.15, -0.1) is 0 Å². The summed E-state index contributed by atoms with van der Waals surface area (Å²) in [6.45, 7) is 1.94. The van der Waals surface area contributed by atoms with Crippen LogP contribution in [0.15, 0.2) is 48.5 Å². The van der Waals surface area contributed by atoms with E-state index in [1.165, 1.54) is 26.4 Å². The molecule has 0 heterocycles. The van der Waals surface area contributed by atoms with Crippen LogP contribution in [0.3, 0.4) is 0 Å². The van der Waals surface area contributed by atoms with Crippen LogP contribution >= 0.6 is 0 Å². The number of nitrogens with zero attached hydrogens (tertiary/aromatic N) is 1. The van der Waals surface area contributed by atoms with E-state index in [4.69, 9.17) is 9.47 Å². The number of carbonyl (C=O) groups excluding carboxylic acids is 2. The SMILES string of the molecule is COC(=O)C1(C(=O)OC)C(c2ccc(C)cc2)[C@H]1c1ccc([N+](=O)[O-])cc1. The zero-order valence-electron chi connectivity index (χ0n) is 15.2. The summed E-state index contributed by atoms with van der Waals surface area (Å²) in [5, 5.41) is 10.9. The Hall–Kier alpha value is -3.22. The summed E-state index contributed by atoms with van der Waals surface area (Å²) in [7, 11) is 2.45. The minimum Gasteiger partial charge on any atom is -0.468 e. The summed E-state index contributed by atoms with van der Waals surface area (Å²) in [6.07, 6.45) is 0. The molecule has 2 aromatic rings. The lowest BCUT2D eigenvalue weighted by atomic mass is 9.97. The second-order valence-electron chi connectivity index (χ2n) is 6.57. The predicted molar refractivity (Wildman–Crippen MR) is 96.2 cm³/mol. The molecule has 0 N–H and O–H groups in total. The molecule has 0 radical (unpaired) electrons. The van der Waals surface area contributed by atoms with Gasteiger partial charge >= 0.3 is 11.9 Å². The zero-order valence-corrected chi connectivity index (χ0v) is 15.2. The van der Waals surface area contributed by atoms with Crippen molar-refractivity contribution in [2.24, 2.45) is 5.41 Å². The first kappa shape index (κ1) is 18.6. The lowest BCUT2D eigenvalue weighted by molar-refractivity contribution is -0.384. The number of nitro benzene ring substituents is 1. The van der Waals surface area contributed by atoms with Crippen LogP contribution in [-0.2, 0) is 19.1 Å². The zero-order chi connectivity index (χ0) is 19.8. The molecular weight excluding hydrogens is 350 g/mol. The van der Waals surface area contributed by atoms with Gasteiger partial charge in [-0.25, -0.2) is 0 Å². The molecule has 2 atom stereocenters. The van der Waals surface area contributed by atoms with Crippen molar-refractivity contribution in [1.29, 1.82) is 0 Å². The standard InChI is InChI=1S/C20H19NO6/c1-12-4-6-13(7-5-12)16-17(14-8-10-15(11-9-14)21(24)25)20(16,18(22)26-2)19(23)27-3/h4-11,16-17H,1-3H3/t16?,17-/m1/s1. The Kier molecular flexibility index (Phi) is 4.70. The molecule has 1 aliphatic carbocycles. The van der Waals surface area contributed by atoms with Gasteiger partial charge in [0, 0.05) is 24.0 Å². The number of rotatable bonds is 5. The van der Waals surface area contributed by atoms with Crippen LogP contribution in [0, 0.1) is 22.5 Å². The quantitative estimate of drug-likeness (QED) is 0.348. The molecule has 0 spiro atoms. The Morgan fingerprint density at radius 2 is 1.30 bits per heavy atom. The van der Waals surface area contributed by atoms with Gasteiger partial charge in [-0.05, 0) is 18.1 Å². The Bertz CT molecular complexity index is 872. The Balaban J connectivity index is 2.12. The highest BCUT2D eigenvalue weighted by atomic mass is 16.6. The van der Waals surface area contributed by atoms with Gasteiger partial charge < -0.3 is 9.47 Å². The fourth-order valence-electron chi connectivity index (χ4n) is 3.80. The van der Waals surface area contributed by atoms with E-state index in [0.717, 1.165) is 11.1 Å². The van der Waals surface area contributed by atoms with Gasteiger partial charge in [-0.3, -0.25) is 19.7 Å². The van der Waals surface area contributed by atoms with Gasteiger partial charge in [-0.2, -0.15) is 0 Å². The van der Waals surface area contributed by atoms with Gasteiger partial charge in [0.2, 0.25) is 0 Å². The molecule has 3 rings (SSSR count). The average molecular weight is 369 g/mol. The minimum atomic E-state index is -1.51. The van der Waals surface area contributed by atoms with E-state index < -0.39 is 34.1 Å². The highest BCUT2D eigenvalue weighted by molar-refractivity contribution is 6.07. The maximum absolute atomic E-state index is 12.7. The molecule has 0 aliphatic heterocycles. The predicted octanol–water partition coefficient (Wildman–Crippen LogP) is 3.12. The molecule has 0 saturated heterocycles. The summed E-state index contributed by atoms with van der Waals surface area (Å²) in [5.41, 5.74) is 0.928. The van der Waals surface area contributed by atoms with E-state index in [1.807, 2.05) is 31.2 Å². The molecule has 1 saturated carbocycles. The number of hydrogen-bond acceptors (Lipinski definition) is 6. The van der Waals surface area contributed by atoms with Crippen LogP contribution in [0.1, 0.15) is 28.5 Å². The van der Waals surface area contributed by atoms with Crippen molar-refractivity contribution in [3.05, 3.63) is 75.3 Å². The summed E-state index contributed by atoms with van der Waals surface area (Å²) < 4.78 is 9.88. The second kappa shape index (κ2) is 6.83. The van der Waals surface area contributed by atoms with Crippen molar-refractivity contribution >= 4 is 17.6 Å². The first-order chi connectivity index (χ1) is 12.9. The normalized spacial score (nSPS) is 19.8. The fourth-order valence-corrected chi connectivity index (χ4v) is 3.80. The lowest BCUT2D eigenvalue weighted by Gasteiger charge is -2.13. The third-order valence-electron chi connectivity index (χ3n) is 5.15. The average Bonchev–Trinajstić information content (AvgIpc) is 3.38. The number of non-ortho nitro benzene ring substituents is 1. The number of methoxy groups -OCH3 is 2. The molecule has 0 bridgehead atoms. The first-order valence-corrected chi connectivity index (χ1v) is 8.35. The number of hydrogen-bond donors (Lipinski definition) is 0. The van der Waals surface area contributed by atoms with Crippen LogP contribution in [0.25, 0.3) is 0 Å². The van der Waals surface area contributed by atoms with Gasteiger partial charge in [0.25, 0.3) is 5.69 Å². The third-order valence-corrected chi connectivity index (χ3v) is 5.15. The molecule has 7 nitrogen and oxygen atoms in total. The maximum atomic E-state index is 12.7. The van der Waals surface area contributed by atoms with Crippen molar-refractivity contribution < 1.29 is 24.0 Å². The fraction of sp³-hybridized carbons (Fsp3) is 0.300. The second-order valence-corrected chi connectivity index (χ2v) is 6.57. The van der Waals surface area contributed by atoms with Crippen molar-refractivity contribution in [3.63, 3.8) is 0 Å². The lowest BCUT2D eigenvalue weighted by Crippen LogP contribution is -2.31. The number of benzene rings is 2. The molecule has 0 aromatic heterocycles. The van der Waals surface area contributed by atoms with Crippen molar-refractivity contribution in [3.8, 4) is 0 Å². The Morgan fingerprint density at radius 3 is 1.67 bits per heavy atom. The van der Waals surface area contributed by atoms with E-state index in [0.29, 0.717) is 5.56 Å². The molecule has 140 valence electrons. The molecule has 27 heavy (non-hydrogen) atoms. The molecule has 1 unspecified atom stereocenters. The van der Waals surface area contributed by atoms with Crippen molar-refractivity contribution in [2.75, 3.05) is 14.2 Å². The van der Waals surface area contributed by atoms with E-state index in [1.54, 1.807) is 12.1 Å². The van der Waals surface area contributed by atoms with Gasteiger partial charge in [0.15, 0.2) is 5.41 Å². The first-order valence-electron chi connectivity index (χ1n) is 8.35. The van der Waals surface area contributed by atoms with E-state index in [2.05, 4.69) is 0 Å². The maximum Gasteiger partial charge on any atom is 0.324 e. The largest absolute Gasteiger partial charge is 0.468 e. The van der Waals surface area contributed by atoms with Crippen molar-refractivity contribution in [2.45, 2.75) is 18.8 Å². The highest BCUT2D eigenvalue weighted by Gasteiger charge is 2.77. The van der Waals surface area contributed by atoms with Crippen LogP contribution < -0.4 is 0 Å². The van der Waals surface area contributed by atoms with Crippen LogP contribution in [-0.4, -0.2) is 31.1 Å². The molecule has 0 amide bonds. The number of esters is 2. The summed E-state index contributed by atoms with van der Waals surface area (Å²) in [4.78, 5) is 35.8. The minimum absolute atomic E-state index is 0.0620. The van der Waals surface area contributed by atoms with E-state index in [-0.39, 0.29) is 5.69 Å². The number of ether oxygens (including phenoxy) is 2. The monoisotopic (exact) mass is 369 g/mol. The van der Waals surface area contributed by atoms with Crippen LogP contribution in [0.5, 0.6) is 0 Å². The Labute approximate surface area is 156 Å². The summed E-state index contributed by atoms with van der Waals surface area (Å²) in [5.74, 6) is -2.35. The molecule has 7 heteroatoms. The van der Waals surface area contributed by atoms with Crippen molar-refractivity contribution in [1.82, 2.24) is 0 Å². The number of nitro groups is 1. The molecular formula is C20H19NO6. The topological polar surface area (TPSA) is 95.7 Å². The summed E-state index contributed by atoms with van der Waals surface area (Å²) in [6, 6.07) is 13.4. The van der Waals surface area contributed by atoms with Crippen LogP contribution in [0.2, 0.25) is 0 Å². The van der Waals surface area contributed by atoms with Gasteiger partial charge in [0.05, 0.1) is 19.1 Å². The third kappa shape index (κ3) is 2.85. The highest BCUT2D eigenvalue weighted by Crippen LogP contribution is 2.71. The van der Waals surface area contributed by atoms with Crippen LogP contribution in [0.4, 0.5) is 5.69 Å². The molecule has 1 fully saturated rings. The van der Waals surface area contributed by atoms with Gasteiger partial charge in [-0.1, -0.05) is 42.0 Å². The van der Waals surface area contributed by atoms with Gasteiger partial charge in [0.1, 0.15) is 0 Å². The summed E-state index contributed by atoms with van der Waals surface area (Å²) >= 11 is 0. The van der Waals surface area contributed by atoms with E-state index in [9.17, 15) is 19.7 Å². The molecule has 1 aliphatic rings. The van der Waals surface area contributed by atoms with E-state index >= 15 is 0 Å². The number of carbonyl (C=O) groups is 2.